The van der Waals surface area contributed by atoms with Crippen molar-refractivity contribution in [3.05, 3.63) is 46.7 Å². The number of nitrogens with zero attached hydrogens (tertiary/aromatic N) is 2. The minimum atomic E-state index is -0.551. The molecular formula is C17H22ClN3O2. The molecule has 0 aliphatic carbocycles. The van der Waals surface area contributed by atoms with Crippen molar-refractivity contribution in [2.24, 2.45) is 5.92 Å². The minimum Gasteiger partial charge on any atom is -0.391 e. The number of halogens is 1. The summed E-state index contributed by atoms with van der Waals surface area (Å²) in [5.41, 5.74) is 1.80. The molecule has 0 bridgehead atoms. The second-order valence-corrected chi connectivity index (χ2v) is 6.46. The van der Waals surface area contributed by atoms with Crippen LogP contribution in [0.1, 0.15) is 36.3 Å². The van der Waals surface area contributed by atoms with Crippen molar-refractivity contribution < 1.29 is 9.90 Å². The van der Waals surface area contributed by atoms with E-state index >= 15 is 0 Å². The first-order chi connectivity index (χ1) is 10.9. The summed E-state index contributed by atoms with van der Waals surface area (Å²) >= 11 is 6.16. The molecule has 1 heterocycles. The van der Waals surface area contributed by atoms with Crippen LogP contribution in [-0.4, -0.2) is 33.4 Å². The Kier molecular flexibility index (Phi) is 5.80. The number of nitrogens with one attached hydrogen (secondary N) is 1. The molecule has 0 spiro atoms. The van der Waals surface area contributed by atoms with Crippen molar-refractivity contribution in [1.29, 1.82) is 0 Å². The van der Waals surface area contributed by atoms with E-state index < -0.39 is 6.10 Å². The number of carbonyl (C=O) groups is 1. The molecule has 0 aliphatic rings. The molecule has 0 aliphatic heterocycles. The number of aryl methyl sites for hydroxylation is 1. The van der Waals surface area contributed by atoms with E-state index in [2.05, 4.69) is 10.4 Å². The molecule has 1 amide bonds. The quantitative estimate of drug-likeness (QED) is 0.852. The Balaban J connectivity index is 2.09. The predicted molar refractivity (Wildman–Crippen MR) is 91.1 cm³/mol. The van der Waals surface area contributed by atoms with E-state index in [1.807, 2.05) is 39.0 Å². The van der Waals surface area contributed by atoms with Crippen LogP contribution in [0.3, 0.4) is 0 Å². The summed E-state index contributed by atoms with van der Waals surface area (Å²) in [4.78, 5) is 12.3. The number of hydrogen-bond donors (Lipinski definition) is 2. The highest BCUT2D eigenvalue weighted by Gasteiger charge is 2.17. The van der Waals surface area contributed by atoms with Crippen LogP contribution in [0.5, 0.6) is 0 Å². The lowest BCUT2D eigenvalue weighted by Gasteiger charge is -2.13. The normalized spacial score (nSPS) is 12.4. The van der Waals surface area contributed by atoms with E-state index in [1.54, 1.807) is 16.9 Å². The van der Waals surface area contributed by atoms with Crippen LogP contribution in [0.2, 0.25) is 5.02 Å². The second-order valence-electron chi connectivity index (χ2n) is 6.05. The lowest BCUT2D eigenvalue weighted by molar-refractivity contribution is 0.0894. The largest absolute Gasteiger partial charge is 0.391 e. The van der Waals surface area contributed by atoms with Gasteiger partial charge in [0.15, 0.2) is 5.69 Å². The van der Waals surface area contributed by atoms with Crippen molar-refractivity contribution in [1.82, 2.24) is 15.1 Å². The van der Waals surface area contributed by atoms with Crippen LogP contribution in [-0.2, 0) is 0 Å². The topological polar surface area (TPSA) is 67.2 Å². The summed E-state index contributed by atoms with van der Waals surface area (Å²) in [7, 11) is 0. The van der Waals surface area contributed by atoms with Gasteiger partial charge in [-0.05, 0) is 31.4 Å². The molecular weight excluding hydrogens is 314 g/mol. The van der Waals surface area contributed by atoms with Gasteiger partial charge < -0.3 is 10.4 Å². The van der Waals surface area contributed by atoms with Crippen LogP contribution < -0.4 is 5.32 Å². The Morgan fingerprint density at radius 1 is 1.39 bits per heavy atom. The number of hydrogen-bond acceptors (Lipinski definition) is 3. The molecule has 6 heteroatoms. The highest BCUT2D eigenvalue weighted by atomic mass is 35.5. The van der Waals surface area contributed by atoms with Gasteiger partial charge in [-0.15, -0.1) is 0 Å². The number of aliphatic hydroxyl groups excluding tert-OH is 1. The summed E-state index contributed by atoms with van der Waals surface area (Å²) in [5, 5.41) is 17.5. The van der Waals surface area contributed by atoms with Crippen molar-refractivity contribution in [2.75, 3.05) is 6.54 Å². The zero-order valence-electron chi connectivity index (χ0n) is 13.6. The highest BCUT2D eigenvalue weighted by molar-refractivity contribution is 6.32. The lowest BCUT2D eigenvalue weighted by Crippen LogP contribution is -2.33. The Hall–Kier alpha value is -1.85. The van der Waals surface area contributed by atoms with Crippen LogP contribution in [0.4, 0.5) is 0 Å². The number of rotatable bonds is 6. The number of carbonyl (C=O) groups excluding carboxylic acids is 1. The summed E-state index contributed by atoms with van der Waals surface area (Å²) in [6.45, 7) is 6.09. The van der Waals surface area contributed by atoms with Crippen molar-refractivity contribution >= 4 is 17.5 Å². The predicted octanol–water partition coefficient (Wildman–Crippen LogP) is 2.97. The molecule has 0 saturated carbocycles. The molecule has 0 radical (unpaired) electrons. The van der Waals surface area contributed by atoms with Gasteiger partial charge >= 0.3 is 0 Å². The summed E-state index contributed by atoms with van der Waals surface area (Å²) in [6, 6.07) is 7.31. The standard InChI is InChI=1S/C17H22ClN3O2/c1-11(2)8-13(22)9-19-17(23)16-12(3)10-21(20-16)15-7-5-4-6-14(15)18/h4-7,10-11,13,22H,8-9H2,1-3H3,(H,19,23). The monoisotopic (exact) mass is 335 g/mol. The Labute approximate surface area is 141 Å². The smallest absolute Gasteiger partial charge is 0.272 e. The van der Waals surface area contributed by atoms with E-state index in [9.17, 15) is 9.90 Å². The van der Waals surface area contributed by atoms with Crippen molar-refractivity contribution in [3.8, 4) is 5.69 Å². The third kappa shape index (κ3) is 4.56. The molecule has 0 fully saturated rings. The van der Waals surface area contributed by atoms with Crippen LogP contribution >= 0.6 is 11.6 Å². The Morgan fingerprint density at radius 3 is 2.74 bits per heavy atom. The molecule has 1 unspecified atom stereocenters. The maximum atomic E-state index is 12.3. The summed E-state index contributed by atoms with van der Waals surface area (Å²) in [5.74, 6) is 0.0826. The van der Waals surface area contributed by atoms with Crippen LogP contribution in [0.15, 0.2) is 30.5 Å². The van der Waals surface area contributed by atoms with Crippen LogP contribution in [0, 0.1) is 12.8 Å². The Bertz CT molecular complexity index is 682. The SMILES string of the molecule is Cc1cn(-c2ccccc2Cl)nc1C(=O)NCC(O)CC(C)C. The van der Waals surface area contributed by atoms with Gasteiger partial charge in [0, 0.05) is 18.3 Å². The third-order valence-corrected chi connectivity index (χ3v) is 3.77. The molecule has 1 aromatic carbocycles. The highest BCUT2D eigenvalue weighted by Crippen LogP contribution is 2.20. The molecule has 124 valence electrons. The molecule has 2 rings (SSSR count). The first-order valence-electron chi connectivity index (χ1n) is 7.66. The number of aromatic nitrogens is 2. The molecule has 23 heavy (non-hydrogen) atoms. The van der Waals surface area contributed by atoms with Gasteiger partial charge in [0.25, 0.3) is 5.91 Å². The number of aliphatic hydroxyl groups is 1. The van der Waals surface area contributed by atoms with Gasteiger partial charge in [-0.25, -0.2) is 4.68 Å². The fourth-order valence-electron chi connectivity index (χ4n) is 2.37. The Morgan fingerprint density at radius 2 is 2.09 bits per heavy atom. The molecule has 2 aromatic rings. The van der Waals surface area contributed by atoms with Gasteiger partial charge in [0.2, 0.25) is 0 Å². The zero-order chi connectivity index (χ0) is 17.0. The molecule has 0 saturated heterocycles. The van der Waals surface area contributed by atoms with E-state index in [0.29, 0.717) is 23.1 Å². The maximum Gasteiger partial charge on any atom is 0.272 e. The molecule has 1 aromatic heterocycles. The number of para-hydroxylation sites is 1. The fourth-order valence-corrected chi connectivity index (χ4v) is 2.59. The first-order valence-corrected chi connectivity index (χ1v) is 8.03. The molecule has 2 N–H and O–H groups in total. The molecule has 1 atom stereocenters. The van der Waals surface area contributed by atoms with Gasteiger partial charge in [-0.2, -0.15) is 5.10 Å². The number of amides is 1. The van der Waals surface area contributed by atoms with Gasteiger partial charge in [0.05, 0.1) is 16.8 Å². The molecule has 5 nitrogen and oxygen atoms in total. The van der Waals surface area contributed by atoms with E-state index in [0.717, 1.165) is 11.3 Å². The second kappa shape index (κ2) is 7.62. The van der Waals surface area contributed by atoms with E-state index in [4.69, 9.17) is 11.6 Å². The van der Waals surface area contributed by atoms with E-state index in [-0.39, 0.29) is 12.5 Å². The zero-order valence-corrected chi connectivity index (χ0v) is 14.3. The third-order valence-electron chi connectivity index (χ3n) is 3.45. The fraction of sp³-hybridized carbons (Fsp3) is 0.412. The minimum absolute atomic E-state index is 0.218. The maximum absolute atomic E-state index is 12.3. The summed E-state index contributed by atoms with van der Waals surface area (Å²) in [6.07, 6.45) is 1.86. The van der Waals surface area contributed by atoms with E-state index in [1.165, 1.54) is 0 Å². The lowest BCUT2D eigenvalue weighted by atomic mass is 10.1. The first kappa shape index (κ1) is 17.5. The van der Waals surface area contributed by atoms with Gasteiger partial charge in [-0.3, -0.25) is 4.79 Å². The van der Waals surface area contributed by atoms with Crippen molar-refractivity contribution in [3.63, 3.8) is 0 Å². The summed E-state index contributed by atoms with van der Waals surface area (Å²) < 4.78 is 1.59. The average molecular weight is 336 g/mol. The van der Waals surface area contributed by atoms with Gasteiger partial charge in [0.1, 0.15) is 0 Å². The van der Waals surface area contributed by atoms with Crippen molar-refractivity contribution in [2.45, 2.75) is 33.3 Å². The van der Waals surface area contributed by atoms with Gasteiger partial charge in [-0.1, -0.05) is 37.6 Å². The average Bonchev–Trinajstić information content (AvgIpc) is 2.86. The number of benzene rings is 1. The van der Waals surface area contributed by atoms with Crippen LogP contribution in [0.25, 0.3) is 5.69 Å².